The number of guanidine groups is 1. The van der Waals surface area contributed by atoms with Gasteiger partial charge in [-0.1, -0.05) is 13.8 Å². The highest BCUT2D eigenvalue weighted by molar-refractivity contribution is 7.98. The van der Waals surface area contributed by atoms with Crippen LogP contribution in [0.2, 0.25) is 0 Å². The Bertz CT molecular complexity index is 806. The quantitative estimate of drug-likeness (QED) is 0.0500. The van der Waals surface area contributed by atoms with Crippen LogP contribution in [0.25, 0.3) is 0 Å². The van der Waals surface area contributed by atoms with Crippen LogP contribution in [0.1, 0.15) is 52.4 Å². The summed E-state index contributed by atoms with van der Waals surface area (Å²) in [7, 11) is 0. The number of nitrogens with two attached hydrogens (primary N) is 4. The zero-order chi connectivity index (χ0) is 28.5. The molecular formula is C22H42N8O6S. The lowest BCUT2D eigenvalue weighted by atomic mass is 10.0. The molecule has 0 rings (SSSR count). The number of primary amides is 1. The molecule has 0 spiro atoms. The number of aliphatic carboxylic acids is 1. The summed E-state index contributed by atoms with van der Waals surface area (Å²) in [6.45, 7) is 4.04. The number of amides is 4. The summed E-state index contributed by atoms with van der Waals surface area (Å²) in [4.78, 5) is 65.1. The normalized spacial score (nSPS) is 14.1. The highest BCUT2D eigenvalue weighted by Gasteiger charge is 2.30. The second-order valence-electron chi connectivity index (χ2n) is 8.99. The predicted octanol–water partition coefficient (Wildman–Crippen LogP) is -2.03. The lowest BCUT2D eigenvalue weighted by Crippen LogP contribution is -2.57. The highest BCUT2D eigenvalue weighted by Crippen LogP contribution is 2.08. The van der Waals surface area contributed by atoms with E-state index in [2.05, 4.69) is 20.9 Å². The molecule has 0 aliphatic rings. The molecular weight excluding hydrogens is 504 g/mol. The molecule has 0 aliphatic heterocycles. The van der Waals surface area contributed by atoms with Gasteiger partial charge < -0.3 is 44.0 Å². The topological polar surface area (TPSA) is 258 Å². The molecule has 15 heteroatoms. The zero-order valence-corrected chi connectivity index (χ0v) is 22.5. The molecule has 0 aliphatic carbocycles. The summed E-state index contributed by atoms with van der Waals surface area (Å²) in [5.74, 6) is -3.40. The number of nitrogens with one attached hydrogen (secondary N) is 3. The lowest BCUT2D eigenvalue weighted by molar-refractivity contribution is -0.142. The van der Waals surface area contributed by atoms with E-state index < -0.39 is 53.8 Å². The van der Waals surface area contributed by atoms with Crippen LogP contribution in [0.4, 0.5) is 0 Å². The molecule has 0 saturated heterocycles. The van der Waals surface area contributed by atoms with Gasteiger partial charge in [0, 0.05) is 13.0 Å². The third-order valence-electron chi connectivity index (χ3n) is 5.18. The van der Waals surface area contributed by atoms with E-state index in [1.165, 1.54) is 11.8 Å². The molecule has 37 heavy (non-hydrogen) atoms. The number of hydrogen-bond acceptors (Lipinski definition) is 8. The SMILES string of the molecule is CSCCC(NC(=O)C(CCCN=C(N)N)NC(=O)C(N)CC(C)C)C(=O)NC(CCC(N)=O)C(=O)O. The van der Waals surface area contributed by atoms with Crippen LogP contribution in [0.3, 0.4) is 0 Å². The zero-order valence-electron chi connectivity index (χ0n) is 21.7. The molecule has 0 fully saturated rings. The van der Waals surface area contributed by atoms with E-state index in [0.717, 1.165) is 0 Å². The number of carboxylic acids is 1. The lowest BCUT2D eigenvalue weighted by Gasteiger charge is -2.25. The maximum Gasteiger partial charge on any atom is 0.326 e. The van der Waals surface area contributed by atoms with Crippen LogP contribution in [-0.4, -0.2) is 83.4 Å². The Morgan fingerprint density at radius 3 is 1.89 bits per heavy atom. The Balaban J connectivity index is 5.58. The predicted molar refractivity (Wildman–Crippen MR) is 142 cm³/mol. The molecule has 0 aromatic heterocycles. The minimum absolute atomic E-state index is 0.109. The van der Waals surface area contributed by atoms with Gasteiger partial charge >= 0.3 is 5.97 Å². The van der Waals surface area contributed by atoms with Crippen molar-refractivity contribution in [3.8, 4) is 0 Å². The van der Waals surface area contributed by atoms with Crippen molar-refractivity contribution in [2.24, 2.45) is 33.8 Å². The molecule has 14 nitrogen and oxygen atoms in total. The van der Waals surface area contributed by atoms with E-state index in [-0.39, 0.29) is 44.1 Å². The summed E-state index contributed by atoms with van der Waals surface area (Å²) in [5.41, 5.74) is 21.7. The first-order valence-corrected chi connectivity index (χ1v) is 13.4. The monoisotopic (exact) mass is 546 g/mol. The average Bonchev–Trinajstić information content (AvgIpc) is 2.79. The van der Waals surface area contributed by atoms with E-state index in [4.69, 9.17) is 22.9 Å². The van der Waals surface area contributed by atoms with Crippen molar-refractivity contribution < 1.29 is 29.1 Å². The van der Waals surface area contributed by atoms with Crippen LogP contribution < -0.4 is 38.9 Å². The second kappa shape index (κ2) is 18.2. The number of aliphatic imine (C=N–C) groups is 1. The van der Waals surface area contributed by atoms with E-state index in [9.17, 15) is 29.1 Å². The number of nitrogens with zero attached hydrogens (tertiary/aromatic N) is 1. The van der Waals surface area contributed by atoms with E-state index in [1.807, 2.05) is 20.1 Å². The molecule has 4 atom stereocenters. The van der Waals surface area contributed by atoms with Crippen molar-refractivity contribution in [2.45, 2.75) is 76.5 Å². The molecule has 12 N–H and O–H groups in total. The average molecular weight is 547 g/mol. The maximum atomic E-state index is 13.1. The fourth-order valence-corrected chi connectivity index (χ4v) is 3.73. The molecule has 0 aromatic carbocycles. The van der Waals surface area contributed by atoms with Gasteiger partial charge in [-0.25, -0.2) is 4.79 Å². The number of carbonyl (C=O) groups excluding carboxylic acids is 4. The highest BCUT2D eigenvalue weighted by atomic mass is 32.2. The fraction of sp³-hybridized carbons (Fsp3) is 0.727. The molecule has 0 saturated carbocycles. The Labute approximate surface area is 221 Å². The van der Waals surface area contributed by atoms with Gasteiger partial charge in [-0.3, -0.25) is 24.2 Å². The third kappa shape index (κ3) is 15.6. The number of hydrogen-bond donors (Lipinski definition) is 8. The summed E-state index contributed by atoms with van der Waals surface area (Å²) < 4.78 is 0. The van der Waals surface area contributed by atoms with Crippen LogP contribution in [0.5, 0.6) is 0 Å². The Kier molecular flexibility index (Phi) is 16.7. The first-order chi connectivity index (χ1) is 17.3. The van der Waals surface area contributed by atoms with Gasteiger partial charge in [-0.05, 0) is 50.0 Å². The van der Waals surface area contributed by atoms with Crippen LogP contribution in [0, 0.1) is 5.92 Å². The molecule has 4 unspecified atom stereocenters. The number of thioether (sulfide) groups is 1. The minimum atomic E-state index is -1.36. The van der Waals surface area contributed by atoms with E-state index >= 15 is 0 Å². The number of rotatable bonds is 19. The summed E-state index contributed by atoms with van der Waals surface area (Å²) >= 11 is 1.43. The summed E-state index contributed by atoms with van der Waals surface area (Å²) in [5, 5.41) is 17.0. The fourth-order valence-electron chi connectivity index (χ4n) is 3.26. The van der Waals surface area contributed by atoms with E-state index in [1.54, 1.807) is 0 Å². The van der Waals surface area contributed by atoms with Crippen LogP contribution >= 0.6 is 11.8 Å². The number of carbonyl (C=O) groups is 5. The van der Waals surface area contributed by atoms with Crippen molar-refractivity contribution in [1.82, 2.24) is 16.0 Å². The van der Waals surface area contributed by atoms with Gasteiger partial charge in [0.05, 0.1) is 6.04 Å². The van der Waals surface area contributed by atoms with Crippen molar-refractivity contribution in [3.63, 3.8) is 0 Å². The van der Waals surface area contributed by atoms with Crippen LogP contribution in [-0.2, 0) is 24.0 Å². The van der Waals surface area contributed by atoms with E-state index in [0.29, 0.717) is 18.6 Å². The molecule has 4 amide bonds. The van der Waals surface area contributed by atoms with Crippen molar-refractivity contribution in [2.75, 3.05) is 18.6 Å². The first kappa shape index (κ1) is 33.9. The van der Waals surface area contributed by atoms with Gasteiger partial charge in [0.15, 0.2) is 5.96 Å². The van der Waals surface area contributed by atoms with Crippen molar-refractivity contribution in [1.29, 1.82) is 0 Å². The van der Waals surface area contributed by atoms with Gasteiger partial charge in [0.2, 0.25) is 23.6 Å². The third-order valence-corrected chi connectivity index (χ3v) is 5.82. The van der Waals surface area contributed by atoms with Gasteiger partial charge in [-0.2, -0.15) is 11.8 Å². The van der Waals surface area contributed by atoms with Gasteiger partial charge in [-0.15, -0.1) is 0 Å². The Morgan fingerprint density at radius 1 is 0.865 bits per heavy atom. The van der Waals surface area contributed by atoms with Crippen LogP contribution in [0.15, 0.2) is 4.99 Å². The Morgan fingerprint density at radius 2 is 1.41 bits per heavy atom. The summed E-state index contributed by atoms with van der Waals surface area (Å²) in [6.07, 6.45) is 2.50. The number of carboxylic acid groups (broad SMARTS) is 1. The largest absolute Gasteiger partial charge is 0.480 e. The van der Waals surface area contributed by atoms with Gasteiger partial charge in [0.25, 0.3) is 0 Å². The van der Waals surface area contributed by atoms with Crippen molar-refractivity contribution >= 4 is 47.3 Å². The first-order valence-electron chi connectivity index (χ1n) is 12.0. The minimum Gasteiger partial charge on any atom is -0.480 e. The Hall–Kier alpha value is -3.07. The standard InChI is InChI=1S/C22H42N8O6S/c1-12(2)11-13(23)18(32)28-14(5-4-9-27-22(25)26)19(33)29-15(8-10-37-3)20(34)30-16(21(35)36)6-7-17(24)31/h12-16H,4-11,23H2,1-3H3,(H2,24,31)(H,28,32)(H,29,33)(H,30,34)(H,35,36)(H4,25,26,27). The van der Waals surface area contributed by atoms with Crippen molar-refractivity contribution in [3.05, 3.63) is 0 Å². The maximum absolute atomic E-state index is 13.1. The second-order valence-corrected chi connectivity index (χ2v) is 9.98. The molecule has 0 heterocycles. The molecule has 212 valence electrons. The molecule has 0 bridgehead atoms. The summed E-state index contributed by atoms with van der Waals surface area (Å²) in [6, 6.07) is -4.31. The smallest absolute Gasteiger partial charge is 0.326 e. The molecule has 0 radical (unpaired) electrons. The van der Waals surface area contributed by atoms with Gasteiger partial charge in [0.1, 0.15) is 18.1 Å². The molecule has 0 aromatic rings.